The molecule has 134 valence electrons. The van der Waals surface area contributed by atoms with Crippen LogP contribution in [0, 0.1) is 13.8 Å². The Balaban J connectivity index is 1.61. The van der Waals surface area contributed by atoms with Crippen molar-refractivity contribution in [2.45, 2.75) is 13.8 Å². The average Bonchev–Trinajstić information content (AvgIpc) is 3.23. The van der Waals surface area contributed by atoms with Crippen LogP contribution in [0.15, 0.2) is 70.7 Å². The summed E-state index contributed by atoms with van der Waals surface area (Å²) in [5, 5.41) is 1.25. The van der Waals surface area contributed by atoms with Gasteiger partial charge in [0.2, 0.25) is 0 Å². The molecule has 5 heteroatoms. The lowest BCUT2D eigenvalue weighted by Gasteiger charge is -2.14. The second-order valence-corrected chi connectivity index (χ2v) is 6.55. The fourth-order valence-corrected chi connectivity index (χ4v) is 2.95. The van der Waals surface area contributed by atoms with E-state index in [0.29, 0.717) is 17.2 Å². The molecule has 1 aliphatic heterocycles. The molecule has 0 saturated carbocycles. The van der Waals surface area contributed by atoms with Gasteiger partial charge in [0.1, 0.15) is 17.1 Å². The largest absolute Gasteiger partial charge is 0.457 e. The number of hydrazine groups is 1. The van der Waals surface area contributed by atoms with Gasteiger partial charge in [-0.05, 0) is 49.8 Å². The first-order valence-electron chi connectivity index (χ1n) is 8.62. The van der Waals surface area contributed by atoms with Crippen LogP contribution in [-0.2, 0) is 9.59 Å². The molecular weight excluding hydrogens is 340 g/mol. The van der Waals surface area contributed by atoms with Gasteiger partial charge >= 0.3 is 0 Å². The normalized spacial score (nSPS) is 15.5. The Kier molecular flexibility index (Phi) is 4.12. The summed E-state index contributed by atoms with van der Waals surface area (Å²) in [6.07, 6.45) is 1.48. The molecule has 1 aromatic heterocycles. The van der Waals surface area contributed by atoms with E-state index in [1.165, 1.54) is 11.1 Å². The summed E-state index contributed by atoms with van der Waals surface area (Å²) in [4.78, 5) is 25.0. The van der Waals surface area contributed by atoms with E-state index in [1.807, 2.05) is 62.4 Å². The summed E-state index contributed by atoms with van der Waals surface area (Å²) in [5.74, 6) is 0.284. The SMILES string of the molecule is Cc1ccc(-c2ccc(/C=C3/C(=O)NN(c4cccc(C)c4)C3=O)o2)cc1. The van der Waals surface area contributed by atoms with Crippen LogP contribution < -0.4 is 10.4 Å². The Hall–Kier alpha value is -3.60. The quantitative estimate of drug-likeness (QED) is 0.568. The molecule has 0 radical (unpaired) electrons. The molecule has 0 aliphatic carbocycles. The van der Waals surface area contributed by atoms with Gasteiger partial charge in [0.15, 0.2) is 0 Å². The van der Waals surface area contributed by atoms with Crippen molar-refractivity contribution in [2.24, 2.45) is 0 Å². The van der Waals surface area contributed by atoms with Gasteiger partial charge in [-0.15, -0.1) is 0 Å². The van der Waals surface area contributed by atoms with Crippen LogP contribution in [0.1, 0.15) is 16.9 Å². The molecular formula is C22H18N2O3. The minimum atomic E-state index is -0.449. The van der Waals surface area contributed by atoms with E-state index in [4.69, 9.17) is 4.42 Å². The number of hydrogen-bond acceptors (Lipinski definition) is 3. The Morgan fingerprint density at radius 3 is 2.44 bits per heavy atom. The van der Waals surface area contributed by atoms with Crippen LogP contribution in [-0.4, -0.2) is 11.8 Å². The molecule has 0 atom stereocenters. The summed E-state index contributed by atoms with van der Waals surface area (Å²) in [7, 11) is 0. The van der Waals surface area contributed by atoms with E-state index >= 15 is 0 Å². The number of carbonyl (C=O) groups excluding carboxylic acids is 2. The summed E-state index contributed by atoms with van der Waals surface area (Å²) in [6, 6.07) is 18.9. The molecule has 27 heavy (non-hydrogen) atoms. The van der Waals surface area contributed by atoms with Crippen molar-refractivity contribution >= 4 is 23.6 Å². The lowest BCUT2D eigenvalue weighted by Crippen LogP contribution is -2.35. The summed E-state index contributed by atoms with van der Waals surface area (Å²) < 4.78 is 5.80. The summed E-state index contributed by atoms with van der Waals surface area (Å²) in [5.41, 5.74) is 6.37. The third kappa shape index (κ3) is 3.27. The molecule has 4 rings (SSSR count). The Labute approximate surface area is 156 Å². The van der Waals surface area contributed by atoms with Gasteiger partial charge in [0, 0.05) is 5.56 Å². The van der Waals surface area contributed by atoms with Crippen molar-refractivity contribution in [3.8, 4) is 11.3 Å². The maximum absolute atomic E-state index is 12.7. The van der Waals surface area contributed by atoms with Gasteiger partial charge in [-0.3, -0.25) is 15.0 Å². The van der Waals surface area contributed by atoms with Gasteiger partial charge in [-0.25, -0.2) is 5.01 Å². The van der Waals surface area contributed by atoms with Gasteiger partial charge in [-0.1, -0.05) is 42.0 Å². The van der Waals surface area contributed by atoms with Gasteiger partial charge in [0.05, 0.1) is 5.69 Å². The molecule has 1 fully saturated rings. The van der Waals surface area contributed by atoms with Crippen molar-refractivity contribution in [1.29, 1.82) is 0 Å². The number of nitrogens with zero attached hydrogens (tertiary/aromatic N) is 1. The number of anilines is 1. The monoisotopic (exact) mass is 358 g/mol. The standard InChI is InChI=1S/C22H18N2O3/c1-14-6-8-16(9-7-14)20-11-10-18(27-20)13-19-21(25)23-24(22(19)26)17-5-3-4-15(2)12-17/h3-13H,1-2H3,(H,23,25)/b19-13-. The van der Waals surface area contributed by atoms with Crippen molar-refractivity contribution in [3.05, 3.63) is 83.1 Å². The number of benzene rings is 2. The van der Waals surface area contributed by atoms with E-state index in [1.54, 1.807) is 12.1 Å². The fourth-order valence-electron chi connectivity index (χ4n) is 2.95. The predicted octanol–water partition coefficient (Wildman–Crippen LogP) is 4.02. The zero-order chi connectivity index (χ0) is 19.0. The topological polar surface area (TPSA) is 62.6 Å². The molecule has 0 spiro atoms. The van der Waals surface area contributed by atoms with Crippen molar-refractivity contribution in [3.63, 3.8) is 0 Å². The van der Waals surface area contributed by atoms with E-state index in [2.05, 4.69) is 5.43 Å². The highest BCUT2D eigenvalue weighted by atomic mass is 16.3. The molecule has 5 nitrogen and oxygen atoms in total. The van der Waals surface area contributed by atoms with Crippen LogP contribution in [0.3, 0.4) is 0 Å². The Bertz CT molecular complexity index is 1060. The van der Waals surface area contributed by atoms with E-state index in [0.717, 1.165) is 16.7 Å². The third-order valence-electron chi connectivity index (χ3n) is 4.40. The Morgan fingerprint density at radius 1 is 0.926 bits per heavy atom. The average molecular weight is 358 g/mol. The molecule has 1 N–H and O–H groups in total. The first-order valence-corrected chi connectivity index (χ1v) is 8.62. The highest BCUT2D eigenvalue weighted by Crippen LogP contribution is 2.26. The highest BCUT2D eigenvalue weighted by Gasteiger charge is 2.34. The number of amides is 2. The van der Waals surface area contributed by atoms with Crippen LogP contribution in [0.5, 0.6) is 0 Å². The summed E-state index contributed by atoms with van der Waals surface area (Å²) >= 11 is 0. The lowest BCUT2D eigenvalue weighted by atomic mass is 10.1. The molecule has 2 heterocycles. The second kappa shape index (κ2) is 6.61. The molecule has 1 aliphatic rings. The first kappa shape index (κ1) is 16.8. The molecule has 2 amide bonds. The molecule has 1 saturated heterocycles. The van der Waals surface area contributed by atoms with Crippen LogP contribution in [0.25, 0.3) is 17.4 Å². The molecule has 0 bridgehead atoms. The van der Waals surface area contributed by atoms with Crippen LogP contribution in [0.2, 0.25) is 0 Å². The number of nitrogens with one attached hydrogen (secondary N) is 1. The first-order chi connectivity index (χ1) is 13.0. The minimum Gasteiger partial charge on any atom is -0.457 e. The van der Waals surface area contributed by atoms with Gasteiger partial charge < -0.3 is 4.42 Å². The van der Waals surface area contributed by atoms with Gasteiger partial charge in [-0.2, -0.15) is 0 Å². The summed E-state index contributed by atoms with van der Waals surface area (Å²) in [6.45, 7) is 3.95. The fraction of sp³-hybridized carbons (Fsp3) is 0.0909. The maximum atomic E-state index is 12.7. The maximum Gasteiger partial charge on any atom is 0.282 e. The number of carbonyl (C=O) groups is 2. The van der Waals surface area contributed by atoms with Crippen molar-refractivity contribution in [2.75, 3.05) is 5.01 Å². The number of aryl methyl sites for hydroxylation is 2. The van der Waals surface area contributed by atoms with Gasteiger partial charge in [0.25, 0.3) is 11.8 Å². The Morgan fingerprint density at radius 2 is 1.70 bits per heavy atom. The highest BCUT2D eigenvalue weighted by molar-refractivity contribution is 6.31. The zero-order valence-corrected chi connectivity index (χ0v) is 15.0. The van der Waals surface area contributed by atoms with Crippen molar-refractivity contribution < 1.29 is 14.0 Å². The zero-order valence-electron chi connectivity index (χ0n) is 15.0. The van der Waals surface area contributed by atoms with Crippen LogP contribution >= 0.6 is 0 Å². The second-order valence-electron chi connectivity index (χ2n) is 6.55. The lowest BCUT2D eigenvalue weighted by molar-refractivity contribution is -0.117. The molecule has 3 aromatic rings. The van der Waals surface area contributed by atoms with Crippen LogP contribution in [0.4, 0.5) is 5.69 Å². The molecule has 2 aromatic carbocycles. The third-order valence-corrected chi connectivity index (χ3v) is 4.40. The van der Waals surface area contributed by atoms with E-state index in [-0.39, 0.29) is 5.57 Å². The smallest absolute Gasteiger partial charge is 0.282 e. The number of furan rings is 1. The van der Waals surface area contributed by atoms with Crippen molar-refractivity contribution in [1.82, 2.24) is 5.43 Å². The van der Waals surface area contributed by atoms with E-state index in [9.17, 15) is 9.59 Å². The number of hydrogen-bond donors (Lipinski definition) is 1. The molecule has 0 unspecified atom stereocenters. The predicted molar refractivity (Wildman–Crippen MR) is 104 cm³/mol. The van der Waals surface area contributed by atoms with E-state index < -0.39 is 11.8 Å². The minimum absolute atomic E-state index is 0.0429. The number of rotatable bonds is 3.